The number of aromatic amines is 1. The summed E-state index contributed by atoms with van der Waals surface area (Å²) in [5.41, 5.74) is 5.13. The Balaban J connectivity index is 2.07. The Morgan fingerprint density at radius 1 is 1.05 bits per heavy atom. The van der Waals surface area contributed by atoms with Crippen LogP contribution >= 0.6 is 0 Å². The molecule has 0 fully saturated rings. The number of hydrogen-bond donors (Lipinski definition) is 1. The van der Waals surface area contributed by atoms with Gasteiger partial charge in [-0.1, -0.05) is 42.8 Å². The topological polar surface area (TPSA) is 20.7 Å². The zero-order valence-corrected chi connectivity index (χ0v) is 12.0. The molecule has 2 aromatic carbocycles. The van der Waals surface area contributed by atoms with E-state index in [-0.39, 0.29) is 0 Å². The van der Waals surface area contributed by atoms with E-state index in [9.17, 15) is 0 Å². The Hall–Kier alpha value is -3.18. The van der Waals surface area contributed by atoms with Crippen LogP contribution in [0.2, 0.25) is 0 Å². The van der Waals surface area contributed by atoms with Gasteiger partial charge in [0.2, 0.25) is 0 Å². The summed E-state index contributed by atoms with van der Waals surface area (Å²) in [4.78, 5) is 3.35. The van der Waals surface area contributed by atoms with Crippen molar-refractivity contribution in [3.05, 3.63) is 72.6 Å². The highest BCUT2D eigenvalue weighted by Crippen LogP contribution is 2.31. The monoisotopic (exact) mass is 282 g/mol. The Morgan fingerprint density at radius 2 is 1.86 bits per heavy atom. The Labute approximate surface area is 128 Å². The molecule has 0 atom stereocenters. The van der Waals surface area contributed by atoms with E-state index in [0.717, 1.165) is 38.8 Å². The van der Waals surface area contributed by atoms with Gasteiger partial charge in [-0.3, -0.25) is 0 Å². The van der Waals surface area contributed by atoms with Crippen molar-refractivity contribution in [1.82, 2.24) is 9.55 Å². The number of nitrogens with zero attached hydrogens (tertiary/aromatic N) is 1. The lowest BCUT2D eigenvalue weighted by Crippen LogP contribution is -1.90. The number of rotatable bonds is 2. The molecular formula is C20H14N2. The van der Waals surface area contributed by atoms with Gasteiger partial charge in [-0.2, -0.15) is 0 Å². The molecule has 2 aromatic heterocycles. The highest BCUT2D eigenvalue weighted by atomic mass is 15.0. The second-order valence-electron chi connectivity index (χ2n) is 5.20. The van der Waals surface area contributed by atoms with Crippen LogP contribution < -0.4 is 0 Å². The molecule has 4 aromatic rings. The molecule has 2 nitrogen and oxygen atoms in total. The predicted molar refractivity (Wildman–Crippen MR) is 93.2 cm³/mol. The van der Waals surface area contributed by atoms with Crippen molar-refractivity contribution in [2.45, 2.75) is 0 Å². The van der Waals surface area contributed by atoms with Crippen LogP contribution in [0.4, 0.5) is 0 Å². The van der Waals surface area contributed by atoms with Gasteiger partial charge in [0, 0.05) is 28.2 Å². The summed E-state index contributed by atoms with van der Waals surface area (Å²) in [6.45, 7) is 3.87. The van der Waals surface area contributed by atoms with E-state index in [0.29, 0.717) is 0 Å². The molecule has 22 heavy (non-hydrogen) atoms. The second-order valence-corrected chi connectivity index (χ2v) is 5.20. The molecule has 0 radical (unpaired) electrons. The standard InChI is InChI=1S/C20H14N2/c1-3-15-16-10-11-19-17(20(16)21-18(15)4-2)12-13-22(19)14-8-6-5-7-9-14/h2-3,5-13,21H,1H2. The molecule has 2 heterocycles. The fourth-order valence-electron chi connectivity index (χ4n) is 3.04. The normalized spacial score (nSPS) is 10.9. The van der Waals surface area contributed by atoms with Gasteiger partial charge in [0.1, 0.15) is 0 Å². The lowest BCUT2D eigenvalue weighted by Gasteiger charge is -2.05. The molecule has 0 aliphatic carbocycles. The first-order valence-electron chi connectivity index (χ1n) is 7.13. The second kappa shape index (κ2) is 4.68. The molecule has 0 spiro atoms. The van der Waals surface area contributed by atoms with Gasteiger partial charge in [-0.25, -0.2) is 0 Å². The fraction of sp³-hybridized carbons (Fsp3) is 0. The molecule has 4 rings (SSSR count). The van der Waals surface area contributed by atoms with Gasteiger partial charge in [0.05, 0.1) is 16.7 Å². The van der Waals surface area contributed by atoms with Gasteiger partial charge in [-0.05, 0) is 24.3 Å². The van der Waals surface area contributed by atoms with E-state index >= 15 is 0 Å². The van der Waals surface area contributed by atoms with E-state index in [1.54, 1.807) is 0 Å². The number of para-hydroxylation sites is 1. The predicted octanol–water partition coefficient (Wildman–Crippen LogP) is 4.74. The van der Waals surface area contributed by atoms with Crippen molar-refractivity contribution < 1.29 is 0 Å². The fourth-order valence-corrected chi connectivity index (χ4v) is 3.04. The van der Waals surface area contributed by atoms with Crippen LogP contribution in [0.15, 0.2) is 61.3 Å². The van der Waals surface area contributed by atoms with Crippen LogP contribution in [0.5, 0.6) is 0 Å². The van der Waals surface area contributed by atoms with E-state index in [4.69, 9.17) is 6.42 Å². The summed E-state index contributed by atoms with van der Waals surface area (Å²) in [6, 6.07) is 16.7. The molecule has 2 heteroatoms. The molecule has 0 saturated heterocycles. The van der Waals surface area contributed by atoms with Crippen LogP contribution in [0.1, 0.15) is 11.3 Å². The summed E-state index contributed by atoms with van der Waals surface area (Å²) in [7, 11) is 0. The maximum absolute atomic E-state index is 5.60. The van der Waals surface area contributed by atoms with Crippen LogP contribution in [0, 0.1) is 12.3 Å². The molecule has 0 aliphatic rings. The summed E-state index contributed by atoms with van der Waals surface area (Å²) in [5, 5.41) is 2.27. The van der Waals surface area contributed by atoms with Crippen molar-refractivity contribution in [2.24, 2.45) is 0 Å². The van der Waals surface area contributed by atoms with Gasteiger partial charge in [0.15, 0.2) is 0 Å². The number of terminal acetylenes is 1. The number of benzene rings is 2. The van der Waals surface area contributed by atoms with Gasteiger partial charge in [0.25, 0.3) is 0 Å². The van der Waals surface area contributed by atoms with Crippen LogP contribution in [0.25, 0.3) is 33.6 Å². The van der Waals surface area contributed by atoms with Crippen LogP contribution in [-0.4, -0.2) is 9.55 Å². The summed E-state index contributed by atoms with van der Waals surface area (Å²) < 4.78 is 2.18. The molecule has 0 amide bonds. The molecule has 0 unspecified atom stereocenters. The third-order valence-electron chi connectivity index (χ3n) is 4.06. The van der Waals surface area contributed by atoms with Crippen molar-refractivity contribution >= 4 is 27.9 Å². The largest absolute Gasteiger partial charge is 0.347 e. The smallest absolute Gasteiger partial charge is 0.0975 e. The van der Waals surface area contributed by atoms with E-state index < -0.39 is 0 Å². The highest BCUT2D eigenvalue weighted by molar-refractivity contribution is 6.08. The molecular weight excluding hydrogens is 268 g/mol. The summed E-state index contributed by atoms with van der Waals surface area (Å²) in [5.74, 6) is 2.71. The molecule has 0 aliphatic heterocycles. The SMILES string of the molecule is C#Cc1[nH]c2c(ccc3c2ccn3-c2ccccc2)c1C=C. The maximum Gasteiger partial charge on any atom is 0.0975 e. The zero-order valence-electron chi connectivity index (χ0n) is 12.0. The minimum Gasteiger partial charge on any atom is -0.347 e. The van der Waals surface area contributed by atoms with E-state index in [2.05, 4.69) is 58.6 Å². The summed E-state index contributed by atoms with van der Waals surface area (Å²) >= 11 is 0. The first kappa shape index (κ1) is 12.6. The molecule has 0 bridgehead atoms. The van der Waals surface area contributed by atoms with E-state index in [1.165, 1.54) is 0 Å². The average Bonchev–Trinajstić information content (AvgIpc) is 3.15. The highest BCUT2D eigenvalue weighted by Gasteiger charge is 2.12. The third-order valence-corrected chi connectivity index (χ3v) is 4.06. The zero-order chi connectivity index (χ0) is 15.1. The Kier molecular flexibility index (Phi) is 2.67. The van der Waals surface area contributed by atoms with Crippen molar-refractivity contribution in [1.29, 1.82) is 0 Å². The number of fused-ring (bicyclic) bond motifs is 3. The molecule has 1 N–H and O–H groups in total. The molecule has 104 valence electrons. The van der Waals surface area contributed by atoms with Crippen LogP contribution in [0.3, 0.4) is 0 Å². The number of aromatic nitrogens is 2. The lowest BCUT2D eigenvalue weighted by atomic mass is 10.1. The average molecular weight is 282 g/mol. The first-order valence-corrected chi connectivity index (χ1v) is 7.13. The van der Waals surface area contributed by atoms with Crippen molar-refractivity contribution in [3.63, 3.8) is 0 Å². The van der Waals surface area contributed by atoms with Crippen molar-refractivity contribution in [3.8, 4) is 18.0 Å². The maximum atomic E-state index is 5.60. The number of H-pyrrole nitrogens is 1. The minimum atomic E-state index is 0.782. The van der Waals surface area contributed by atoms with Crippen molar-refractivity contribution in [2.75, 3.05) is 0 Å². The summed E-state index contributed by atoms with van der Waals surface area (Å²) in [6.07, 6.45) is 9.50. The van der Waals surface area contributed by atoms with Gasteiger partial charge >= 0.3 is 0 Å². The Morgan fingerprint density at radius 3 is 2.59 bits per heavy atom. The third kappa shape index (κ3) is 1.63. The molecule has 0 saturated carbocycles. The van der Waals surface area contributed by atoms with Gasteiger partial charge < -0.3 is 9.55 Å². The quantitative estimate of drug-likeness (QED) is 0.513. The minimum absolute atomic E-state index is 0.782. The first-order chi connectivity index (χ1) is 10.8. The van der Waals surface area contributed by atoms with Crippen LogP contribution in [-0.2, 0) is 0 Å². The number of hydrogen-bond acceptors (Lipinski definition) is 0. The van der Waals surface area contributed by atoms with Gasteiger partial charge in [-0.15, -0.1) is 6.42 Å². The number of nitrogens with one attached hydrogen (secondary N) is 1. The lowest BCUT2D eigenvalue weighted by molar-refractivity contribution is 1.13. The van der Waals surface area contributed by atoms with E-state index in [1.807, 2.05) is 24.3 Å². The Bertz CT molecular complexity index is 1040.